The van der Waals surface area contributed by atoms with Gasteiger partial charge < -0.3 is 15.0 Å². The maximum Gasteiger partial charge on any atom is 0.216 e. The third kappa shape index (κ3) is 11.1. The van der Waals surface area contributed by atoms with Gasteiger partial charge in [0.1, 0.15) is 5.75 Å². The van der Waals surface area contributed by atoms with E-state index >= 15 is 0 Å². The van der Waals surface area contributed by atoms with E-state index < -0.39 is 0 Å². The van der Waals surface area contributed by atoms with E-state index in [1.54, 1.807) is 6.92 Å². The van der Waals surface area contributed by atoms with Crippen molar-refractivity contribution in [2.45, 2.75) is 110 Å². The first-order valence-corrected chi connectivity index (χ1v) is 13.2. The molecule has 0 aliphatic rings. The number of aromatic amines is 1. The number of fused-ring (bicyclic) bond motifs is 1. The summed E-state index contributed by atoms with van der Waals surface area (Å²) in [7, 11) is 0. The number of rotatable bonds is 19. The molecule has 2 rings (SSSR count). The van der Waals surface area contributed by atoms with E-state index in [9.17, 15) is 4.79 Å². The Hall–Kier alpha value is -1.97. The number of nitrogens with one attached hydrogen (secondary N) is 2. The zero-order valence-corrected chi connectivity index (χ0v) is 20.6. The number of hydrogen-bond donors (Lipinski definition) is 2. The topological polar surface area (TPSA) is 54.1 Å². The van der Waals surface area contributed by atoms with Crippen LogP contribution >= 0.6 is 0 Å². The average Bonchev–Trinajstić information content (AvgIpc) is 3.18. The molecule has 0 bridgehead atoms. The molecule has 0 spiro atoms. The van der Waals surface area contributed by atoms with Crippen LogP contribution < -0.4 is 10.1 Å². The Morgan fingerprint density at radius 1 is 0.875 bits per heavy atom. The van der Waals surface area contributed by atoms with Crippen LogP contribution in [0.4, 0.5) is 0 Å². The Bertz CT molecular complexity index is 753. The highest BCUT2D eigenvalue weighted by atomic mass is 16.5. The minimum Gasteiger partial charge on any atom is -0.494 e. The molecule has 4 nitrogen and oxygen atoms in total. The van der Waals surface area contributed by atoms with Crippen molar-refractivity contribution in [3.63, 3.8) is 0 Å². The van der Waals surface area contributed by atoms with E-state index in [1.807, 2.05) is 12.3 Å². The molecule has 180 valence electrons. The molecule has 1 heterocycles. The van der Waals surface area contributed by atoms with Gasteiger partial charge in [-0.1, -0.05) is 90.4 Å². The molecule has 32 heavy (non-hydrogen) atoms. The van der Waals surface area contributed by atoms with Gasteiger partial charge in [-0.05, 0) is 36.6 Å². The largest absolute Gasteiger partial charge is 0.494 e. The van der Waals surface area contributed by atoms with Crippen LogP contribution in [0.2, 0.25) is 0 Å². The van der Waals surface area contributed by atoms with Gasteiger partial charge in [0.15, 0.2) is 0 Å². The fourth-order valence-corrected chi connectivity index (χ4v) is 4.31. The SMILES string of the molecule is CCCCCCCCCCCCCCCCOc1ccc2[nH]cc(CCNC(C)=O)c2c1. The van der Waals surface area contributed by atoms with E-state index in [1.165, 1.54) is 94.4 Å². The molecular formula is C28H46N2O2. The van der Waals surface area contributed by atoms with Crippen molar-refractivity contribution in [2.24, 2.45) is 0 Å². The summed E-state index contributed by atoms with van der Waals surface area (Å²) >= 11 is 0. The summed E-state index contributed by atoms with van der Waals surface area (Å²) in [6.07, 6.45) is 22.1. The highest BCUT2D eigenvalue weighted by molar-refractivity contribution is 5.84. The quantitative estimate of drug-likeness (QED) is 0.219. The fourth-order valence-electron chi connectivity index (χ4n) is 4.31. The maximum atomic E-state index is 11.1. The maximum absolute atomic E-state index is 11.1. The molecule has 0 aliphatic heterocycles. The number of carbonyl (C=O) groups excluding carboxylic acids is 1. The lowest BCUT2D eigenvalue weighted by Gasteiger charge is -2.07. The van der Waals surface area contributed by atoms with Crippen molar-refractivity contribution in [3.05, 3.63) is 30.0 Å². The Labute approximate surface area is 195 Å². The molecule has 2 N–H and O–H groups in total. The lowest BCUT2D eigenvalue weighted by Crippen LogP contribution is -2.22. The summed E-state index contributed by atoms with van der Waals surface area (Å²) in [4.78, 5) is 14.4. The molecule has 1 aromatic heterocycles. The van der Waals surface area contributed by atoms with E-state index in [-0.39, 0.29) is 5.91 Å². The van der Waals surface area contributed by atoms with Crippen LogP contribution in [-0.2, 0) is 11.2 Å². The Morgan fingerprint density at radius 3 is 2.06 bits per heavy atom. The van der Waals surface area contributed by atoms with Crippen LogP contribution in [-0.4, -0.2) is 24.0 Å². The number of benzene rings is 1. The molecule has 0 aliphatic carbocycles. The van der Waals surface area contributed by atoms with E-state index in [0.717, 1.165) is 30.7 Å². The standard InChI is InChI=1S/C28H46N2O2/c1-3-4-5-6-7-8-9-10-11-12-13-14-15-16-21-32-26-17-18-28-27(22-26)25(23-30-28)19-20-29-24(2)31/h17-18,22-23,30H,3-16,19-21H2,1-2H3,(H,29,31). The minimum atomic E-state index is 0.0158. The number of carbonyl (C=O) groups is 1. The lowest BCUT2D eigenvalue weighted by atomic mass is 10.0. The molecule has 0 fully saturated rings. The van der Waals surface area contributed by atoms with Gasteiger partial charge in [-0.25, -0.2) is 0 Å². The number of hydrogen-bond acceptors (Lipinski definition) is 2. The number of unbranched alkanes of at least 4 members (excludes halogenated alkanes) is 13. The van der Waals surface area contributed by atoms with E-state index in [4.69, 9.17) is 4.74 Å². The van der Waals surface area contributed by atoms with Gasteiger partial charge in [-0.2, -0.15) is 0 Å². The minimum absolute atomic E-state index is 0.0158. The first-order valence-electron chi connectivity index (χ1n) is 13.2. The summed E-state index contributed by atoms with van der Waals surface area (Å²) in [5.41, 5.74) is 2.34. The van der Waals surface area contributed by atoms with Crippen molar-refractivity contribution in [1.82, 2.24) is 10.3 Å². The molecule has 0 atom stereocenters. The zero-order chi connectivity index (χ0) is 22.9. The molecular weight excluding hydrogens is 396 g/mol. The second-order valence-electron chi connectivity index (χ2n) is 9.20. The second-order valence-corrected chi connectivity index (χ2v) is 9.20. The zero-order valence-electron chi connectivity index (χ0n) is 20.6. The number of amides is 1. The molecule has 4 heteroatoms. The molecule has 1 aromatic carbocycles. The first-order chi connectivity index (χ1) is 15.7. The van der Waals surface area contributed by atoms with Crippen LogP contribution in [0.3, 0.4) is 0 Å². The van der Waals surface area contributed by atoms with Crippen molar-refractivity contribution in [3.8, 4) is 5.75 Å². The highest BCUT2D eigenvalue weighted by Gasteiger charge is 2.06. The van der Waals surface area contributed by atoms with E-state index in [2.05, 4.69) is 29.4 Å². The summed E-state index contributed by atoms with van der Waals surface area (Å²) in [5, 5.41) is 4.05. The molecule has 1 amide bonds. The van der Waals surface area contributed by atoms with Gasteiger partial charge in [-0.3, -0.25) is 4.79 Å². The van der Waals surface area contributed by atoms with Crippen LogP contribution in [0.1, 0.15) is 109 Å². The molecule has 0 radical (unpaired) electrons. The van der Waals surface area contributed by atoms with Gasteiger partial charge in [0.2, 0.25) is 5.91 Å². The predicted molar refractivity (Wildman–Crippen MR) is 136 cm³/mol. The first kappa shape index (κ1) is 26.3. The van der Waals surface area contributed by atoms with Gasteiger partial charge in [-0.15, -0.1) is 0 Å². The van der Waals surface area contributed by atoms with Crippen molar-refractivity contribution in [2.75, 3.05) is 13.2 Å². The van der Waals surface area contributed by atoms with Crippen LogP contribution in [0.25, 0.3) is 10.9 Å². The molecule has 2 aromatic rings. The van der Waals surface area contributed by atoms with Crippen LogP contribution in [0.15, 0.2) is 24.4 Å². The van der Waals surface area contributed by atoms with Gasteiger partial charge in [0.05, 0.1) is 6.61 Å². The monoisotopic (exact) mass is 442 g/mol. The number of aromatic nitrogens is 1. The molecule has 0 unspecified atom stereocenters. The summed E-state index contributed by atoms with van der Waals surface area (Å²) < 4.78 is 6.00. The number of ether oxygens (including phenoxy) is 1. The van der Waals surface area contributed by atoms with Gasteiger partial charge >= 0.3 is 0 Å². The Balaban J connectivity index is 1.49. The van der Waals surface area contributed by atoms with Gasteiger partial charge in [0, 0.05) is 30.6 Å². The average molecular weight is 443 g/mol. The fraction of sp³-hybridized carbons (Fsp3) is 0.679. The normalized spacial score (nSPS) is 11.2. The molecule has 0 saturated heterocycles. The second kappa shape index (κ2) is 16.6. The van der Waals surface area contributed by atoms with Crippen molar-refractivity contribution < 1.29 is 9.53 Å². The predicted octanol–water partition coefficient (Wildman–Crippen LogP) is 7.71. The van der Waals surface area contributed by atoms with Crippen LogP contribution in [0, 0.1) is 0 Å². The van der Waals surface area contributed by atoms with Gasteiger partial charge in [0.25, 0.3) is 0 Å². The molecule has 0 saturated carbocycles. The third-order valence-electron chi connectivity index (χ3n) is 6.27. The smallest absolute Gasteiger partial charge is 0.216 e. The van der Waals surface area contributed by atoms with Crippen LogP contribution in [0.5, 0.6) is 5.75 Å². The Morgan fingerprint density at radius 2 is 1.47 bits per heavy atom. The number of H-pyrrole nitrogens is 1. The Kier molecular flexibility index (Phi) is 13.7. The third-order valence-corrected chi connectivity index (χ3v) is 6.27. The highest BCUT2D eigenvalue weighted by Crippen LogP contribution is 2.24. The van der Waals surface area contributed by atoms with Crippen molar-refractivity contribution in [1.29, 1.82) is 0 Å². The summed E-state index contributed by atoms with van der Waals surface area (Å²) in [5.74, 6) is 0.953. The summed E-state index contributed by atoms with van der Waals surface area (Å²) in [6, 6.07) is 6.25. The van der Waals surface area contributed by atoms with Crippen molar-refractivity contribution >= 4 is 16.8 Å². The lowest BCUT2D eigenvalue weighted by molar-refractivity contribution is -0.118. The summed E-state index contributed by atoms with van der Waals surface area (Å²) in [6.45, 7) is 5.28. The van der Waals surface area contributed by atoms with E-state index in [0.29, 0.717) is 6.54 Å².